The second-order valence-corrected chi connectivity index (χ2v) is 5.39. The van der Waals surface area contributed by atoms with E-state index in [1.807, 2.05) is 30.5 Å². The zero-order chi connectivity index (χ0) is 13.1. The molecule has 0 amide bonds. The van der Waals surface area contributed by atoms with Gasteiger partial charge in [-0.05, 0) is 18.9 Å². The lowest BCUT2D eigenvalue weighted by molar-refractivity contribution is 0.0986. The van der Waals surface area contributed by atoms with Crippen molar-refractivity contribution in [1.29, 1.82) is 0 Å². The summed E-state index contributed by atoms with van der Waals surface area (Å²) in [6.45, 7) is 0.451. The number of aromatic nitrogens is 1. The van der Waals surface area contributed by atoms with Crippen LogP contribution in [0.2, 0.25) is 0 Å². The maximum absolute atomic E-state index is 12.3. The van der Waals surface area contributed by atoms with Crippen LogP contribution in [-0.4, -0.2) is 23.4 Å². The molecule has 1 saturated carbocycles. The first kappa shape index (κ1) is 12.4. The third-order valence-electron chi connectivity index (χ3n) is 4.05. The highest BCUT2D eigenvalue weighted by Gasteiger charge is 2.16. The van der Waals surface area contributed by atoms with Crippen LogP contribution in [0.5, 0.6) is 0 Å². The highest BCUT2D eigenvalue weighted by atomic mass is 16.1. The molecule has 2 N–H and O–H groups in total. The van der Waals surface area contributed by atoms with Crippen LogP contribution in [0.4, 0.5) is 0 Å². The molecule has 0 unspecified atom stereocenters. The van der Waals surface area contributed by atoms with Gasteiger partial charge < -0.3 is 10.3 Å². The summed E-state index contributed by atoms with van der Waals surface area (Å²) in [7, 11) is 0. The SMILES string of the molecule is O=C(CNC1CCCCC1)c1c[nH]c2ccccc12. The molecular formula is C16H20N2O. The minimum Gasteiger partial charge on any atom is -0.360 e. The molecule has 2 aromatic rings. The van der Waals surface area contributed by atoms with Crippen molar-refractivity contribution in [3.63, 3.8) is 0 Å². The monoisotopic (exact) mass is 256 g/mol. The summed E-state index contributed by atoms with van der Waals surface area (Å²) in [4.78, 5) is 15.4. The smallest absolute Gasteiger partial charge is 0.178 e. The van der Waals surface area contributed by atoms with E-state index in [4.69, 9.17) is 0 Å². The Hall–Kier alpha value is -1.61. The highest BCUT2D eigenvalue weighted by Crippen LogP contribution is 2.19. The normalized spacial score (nSPS) is 16.8. The fourth-order valence-corrected chi connectivity index (χ4v) is 2.94. The number of carbonyl (C=O) groups is 1. The predicted octanol–water partition coefficient (Wildman–Crippen LogP) is 3.27. The van der Waals surface area contributed by atoms with Gasteiger partial charge in [0.1, 0.15) is 0 Å². The third-order valence-corrected chi connectivity index (χ3v) is 4.05. The Labute approximate surface area is 113 Å². The number of para-hydroxylation sites is 1. The number of hydrogen-bond donors (Lipinski definition) is 2. The topological polar surface area (TPSA) is 44.9 Å². The first-order valence-corrected chi connectivity index (χ1v) is 7.17. The Morgan fingerprint density at radius 2 is 2.00 bits per heavy atom. The number of ketones is 1. The van der Waals surface area contributed by atoms with Crippen LogP contribution < -0.4 is 5.32 Å². The molecule has 0 atom stereocenters. The largest absolute Gasteiger partial charge is 0.360 e. The molecule has 0 saturated heterocycles. The van der Waals surface area contributed by atoms with Crippen LogP contribution in [0.1, 0.15) is 42.5 Å². The summed E-state index contributed by atoms with van der Waals surface area (Å²) in [5.74, 6) is 0.183. The fourth-order valence-electron chi connectivity index (χ4n) is 2.94. The third kappa shape index (κ3) is 2.71. The van der Waals surface area contributed by atoms with E-state index in [2.05, 4.69) is 10.3 Å². The molecular weight excluding hydrogens is 236 g/mol. The number of H-pyrrole nitrogens is 1. The molecule has 1 aliphatic rings. The molecule has 3 rings (SSSR count). The second kappa shape index (κ2) is 5.57. The summed E-state index contributed by atoms with van der Waals surface area (Å²) < 4.78 is 0. The maximum atomic E-state index is 12.3. The highest BCUT2D eigenvalue weighted by molar-refractivity contribution is 6.08. The lowest BCUT2D eigenvalue weighted by Crippen LogP contribution is -2.35. The number of rotatable bonds is 4. The van der Waals surface area contributed by atoms with Gasteiger partial charge in [-0.25, -0.2) is 0 Å². The molecule has 0 aliphatic heterocycles. The average molecular weight is 256 g/mol. The zero-order valence-electron chi connectivity index (χ0n) is 11.1. The number of benzene rings is 1. The summed E-state index contributed by atoms with van der Waals surface area (Å²) >= 11 is 0. The molecule has 1 aliphatic carbocycles. The van der Waals surface area contributed by atoms with E-state index in [1.165, 1.54) is 32.1 Å². The van der Waals surface area contributed by atoms with Gasteiger partial charge in [0.15, 0.2) is 5.78 Å². The molecule has 100 valence electrons. The van der Waals surface area contributed by atoms with E-state index in [9.17, 15) is 4.79 Å². The van der Waals surface area contributed by atoms with Crippen LogP contribution in [0.3, 0.4) is 0 Å². The Bertz CT molecular complexity index is 567. The van der Waals surface area contributed by atoms with Gasteiger partial charge in [0.2, 0.25) is 0 Å². The van der Waals surface area contributed by atoms with Crippen LogP contribution >= 0.6 is 0 Å². The van der Waals surface area contributed by atoms with Crippen molar-refractivity contribution in [1.82, 2.24) is 10.3 Å². The molecule has 1 heterocycles. The fraction of sp³-hybridized carbons (Fsp3) is 0.438. The molecule has 0 bridgehead atoms. The average Bonchev–Trinajstić information content (AvgIpc) is 2.90. The molecule has 0 spiro atoms. The van der Waals surface area contributed by atoms with Crippen molar-refractivity contribution in [2.45, 2.75) is 38.1 Å². The van der Waals surface area contributed by atoms with Gasteiger partial charge in [-0.1, -0.05) is 37.5 Å². The van der Waals surface area contributed by atoms with Gasteiger partial charge in [-0.15, -0.1) is 0 Å². The van der Waals surface area contributed by atoms with Gasteiger partial charge in [-0.2, -0.15) is 0 Å². The van der Waals surface area contributed by atoms with E-state index in [-0.39, 0.29) is 5.78 Å². The van der Waals surface area contributed by atoms with E-state index in [1.54, 1.807) is 0 Å². The summed E-state index contributed by atoms with van der Waals surface area (Å²) in [5, 5.41) is 4.44. The first-order valence-electron chi connectivity index (χ1n) is 7.17. The zero-order valence-corrected chi connectivity index (χ0v) is 11.1. The first-order chi connectivity index (χ1) is 9.34. The second-order valence-electron chi connectivity index (χ2n) is 5.39. The van der Waals surface area contributed by atoms with Crippen LogP contribution in [0.25, 0.3) is 10.9 Å². The molecule has 1 aromatic heterocycles. The maximum Gasteiger partial charge on any atom is 0.178 e. The van der Waals surface area contributed by atoms with Crippen LogP contribution in [0, 0.1) is 0 Å². The molecule has 1 aromatic carbocycles. The molecule has 3 heteroatoms. The van der Waals surface area contributed by atoms with Crippen molar-refractivity contribution < 1.29 is 4.79 Å². The number of carbonyl (C=O) groups excluding carboxylic acids is 1. The molecule has 0 radical (unpaired) electrons. The number of fused-ring (bicyclic) bond motifs is 1. The molecule has 3 nitrogen and oxygen atoms in total. The Balaban J connectivity index is 1.66. The lowest BCUT2D eigenvalue weighted by Gasteiger charge is -2.22. The minimum atomic E-state index is 0.183. The standard InChI is InChI=1S/C16H20N2O/c19-16(11-17-12-6-2-1-3-7-12)14-10-18-15-9-5-4-8-13(14)15/h4-5,8-10,12,17-18H,1-3,6-7,11H2. The van der Waals surface area contributed by atoms with Crippen molar-refractivity contribution in [2.24, 2.45) is 0 Å². The van der Waals surface area contributed by atoms with E-state index in [0.29, 0.717) is 12.6 Å². The number of hydrogen-bond acceptors (Lipinski definition) is 2. The summed E-state index contributed by atoms with van der Waals surface area (Å²) in [6.07, 6.45) is 8.17. The molecule has 19 heavy (non-hydrogen) atoms. The molecule has 1 fully saturated rings. The number of nitrogens with one attached hydrogen (secondary N) is 2. The number of Topliss-reactive ketones (excluding diaryl/α,β-unsaturated/α-hetero) is 1. The van der Waals surface area contributed by atoms with Crippen LogP contribution in [-0.2, 0) is 0 Å². The van der Waals surface area contributed by atoms with E-state index < -0.39 is 0 Å². The van der Waals surface area contributed by atoms with Gasteiger partial charge >= 0.3 is 0 Å². The van der Waals surface area contributed by atoms with Gasteiger partial charge in [0.05, 0.1) is 6.54 Å². The van der Waals surface area contributed by atoms with Gasteiger partial charge in [0.25, 0.3) is 0 Å². The van der Waals surface area contributed by atoms with Crippen molar-refractivity contribution in [3.05, 3.63) is 36.0 Å². The minimum absolute atomic E-state index is 0.183. The summed E-state index contributed by atoms with van der Waals surface area (Å²) in [5.41, 5.74) is 1.84. The predicted molar refractivity (Wildman–Crippen MR) is 77.5 cm³/mol. The van der Waals surface area contributed by atoms with Crippen molar-refractivity contribution in [3.8, 4) is 0 Å². The van der Waals surface area contributed by atoms with E-state index >= 15 is 0 Å². The van der Waals surface area contributed by atoms with Gasteiger partial charge in [0, 0.05) is 28.7 Å². The van der Waals surface area contributed by atoms with Crippen LogP contribution in [0.15, 0.2) is 30.5 Å². The van der Waals surface area contributed by atoms with E-state index in [0.717, 1.165) is 16.5 Å². The Kier molecular flexibility index (Phi) is 3.65. The summed E-state index contributed by atoms with van der Waals surface area (Å²) in [6, 6.07) is 8.48. The Morgan fingerprint density at radius 1 is 1.21 bits per heavy atom. The quantitative estimate of drug-likeness (QED) is 0.825. The number of aromatic amines is 1. The Morgan fingerprint density at radius 3 is 2.84 bits per heavy atom. The van der Waals surface area contributed by atoms with Crippen molar-refractivity contribution in [2.75, 3.05) is 6.54 Å². The van der Waals surface area contributed by atoms with Crippen molar-refractivity contribution >= 4 is 16.7 Å². The lowest BCUT2D eigenvalue weighted by atomic mass is 9.95. The van der Waals surface area contributed by atoms with Gasteiger partial charge in [-0.3, -0.25) is 4.79 Å².